The zero-order valence-corrected chi connectivity index (χ0v) is 13.9. The molecule has 0 spiro atoms. The Morgan fingerprint density at radius 2 is 1.96 bits per heavy atom. The minimum Gasteiger partial charge on any atom is -0.354 e. The lowest BCUT2D eigenvalue weighted by atomic mass is 9.96. The smallest absolute Gasteiger partial charge is 0.354 e. The molecule has 1 amide bonds. The largest absolute Gasteiger partial charge is 0.418 e. The van der Waals surface area contributed by atoms with Crippen molar-refractivity contribution >= 4 is 5.91 Å². The summed E-state index contributed by atoms with van der Waals surface area (Å²) in [5.74, 6) is 0.510. The lowest BCUT2D eigenvalue weighted by Gasteiger charge is -2.31. The third kappa shape index (κ3) is 4.40. The van der Waals surface area contributed by atoms with Crippen molar-refractivity contribution in [1.82, 2.24) is 20.1 Å². The second-order valence-corrected chi connectivity index (χ2v) is 6.17. The topological polar surface area (TPSA) is 71.1 Å². The third-order valence-electron chi connectivity index (χ3n) is 4.44. The Morgan fingerprint density at radius 3 is 2.54 bits per heavy atom. The molecule has 3 rings (SSSR count). The van der Waals surface area contributed by atoms with Crippen LogP contribution >= 0.6 is 0 Å². The van der Waals surface area contributed by atoms with Gasteiger partial charge >= 0.3 is 6.18 Å². The zero-order valence-electron chi connectivity index (χ0n) is 13.9. The van der Waals surface area contributed by atoms with Gasteiger partial charge in [-0.15, -0.1) is 0 Å². The van der Waals surface area contributed by atoms with Crippen LogP contribution in [-0.4, -0.2) is 51.9 Å². The van der Waals surface area contributed by atoms with Crippen molar-refractivity contribution in [3.05, 3.63) is 48.0 Å². The summed E-state index contributed by atoms with van der Waals surface area (Å²) < 4.78 is 44.7. The average Bonchev–Trinajstić information content (AvgIpc) is 3.16. The minimum absolute atomic E-state index is 0.0168. The first-order valence-corrected chi connectivity index (χ1v) is 8.31. The van der Waals surface area contributed by atoms with Gasteiger partial charge in [-0.1, -0.05) is 30.3 Å². The average molecular weight is 368 g/mol. The number of alkyl halides is 3. The van der Waals surface area contributed by atoms with Gasteiger partial charge in [0.05, 0.1) is 0 Å². The highest BCUT2D eigenvalue weighted by Crippen LogP contribution is 2.35. The number of amides is 1. The summed E-state index contributed by atoms with van der Waals surface area (Å²) in [5.41, 5.74) is -0.0168. The summed E-state index contributed by atoms with van der Waals surface area (Å²) in [5, 5.41) is 6.62. The quantitative estimate of drug-likeness (QED) is 0.881. The fourth-order valence-corrected chi connectivity index (χ4v) is 3.07. The minimum atomic E-state index is -4.58. The second-order valence-electron chi connectivity index (χ2n) is 6.17. The van der Waals surface area contributed by atoms with E-state index in [1.165, 1.54) is 35.5 Å². The Kier molecular flexibility index (Phi) is 5.55. The predicted molar refractivity (Wildman–Crippen MR) is 86.1 cm³/mol. The van der Waals surface area contributed by atoms with Gasteiger partial charge in [0.15, 0.2) is 6.10 Å². The van der Waals surface area contributed by atoms with Crippen molar-refractivity contribution < 1.29 is 22.7 Å². The molecule has 140 valence electrons. The Labute approximate surface area is 148 Å². The maximum atomic E-state index is 13.2. The molecule has 0 saturated carbocycles. The van der Waals surface area contributed by atoms with E-state index in [4.69, 9.17) is 4.74 Å². The molecule has 2 heterocycles. The van der Waals surface area contributed by atoms with Crippen LogP contribution in [0.3, 0.4) is 0 Å². The van der Waals surface area contributed by atoms with Crippen LogP contribution in [0.25, 0.3) is 0 Å². The molecule has 6 nitrogen and oxygen atoms in total. The summed E-state index contributed by atoms with van der Waals surface area (Å²) in [6, 6.07) is 7.32. The Bertz CT molecular complexity index is 699. The molecule has 1 unspecified atom stereocenters. The van der Waals surface area contributed by atoms with E-state index in [1.54, 1.807) is 6.07 Å². The standard InChI is InChI=1S/C17H19F3N4O2/c18-17(19,20)15(12-4-2-1-3-5-12)26-10-14(25)24-8-6-13(7-9-24)16-21-11-22-23-16/h1-5,11,13,15H,6-10H2,(H,21,22,23). The molecule has 1 aromatic heterocycles. The molecule has 0 aliphatic carbocycles. The van der Waals surface area contributed by atoms with Crippen LogP contribution in [0, 0.1) is 0 Å². The number of aromatic nitrogens is 3. The molecular formula is C17H19F3N4O2. The predicted octanol–water partition coefficient (Wildman–Crippen LogP) is 2.83. The molecule has 26 heavy (non-hydrogen) atoms. The van der Waals surface area contributed by atoms with Crippen molar-refractivity contribution in [1.29, 1.82) is 0 Å². The molecule has 9 heteroatoms. The van der Waals surface area contributed by atoms with E-state index < -0.39 is 24.8 Å². The summed E-state index contributed by atoms with van der Waals surface area (Å²) in [7, 11) is 0. The molecule has 0 bridgehead atoms. The van der Waals surface area contributed by atoms with Crippen LogP contribution in [0.4, 0.5) is 13.2 Å². The van der Waals surface area contributed by atoms with Gasteiger partial charge < -0.3 is 9.64 Å². The summed E-state index contributed by atoms with van der Waals surface area (Å²) in [6.07, 6.45) is -3.90. The van der Waals surface area contributed by atoms with Gasteiger partial charge in [0, 0.05) is 19.0 Å². The molecule has 1 aliphatic heterocycles. The normalized spacial score (nSPS) is 17.3. The second kappa shape index (κ2) is 7.86. The van der Waals surface area contributed by atoms with Crippen molar-refractivity contribution in [3.63, 3.8) is 0 Å². The van der Waals surface area contributed by atoms with E-state index in [1.807, 2.05) is 0 Å². The first-order valence-electron chi connectivity index (χ1n) is 8.31. The molecule has 1 aromatic carbocycles. The van der Waals surface area contributed by atoms with E-state index in [0.29, 0.717) is 25.9 Å². The number of ether oxygens (including phenoxy) is 1. The highest BCUT2D eigenvalue weighted by atomic mass is 19.4. The maximum absolute atomic E-state index is 13.2. The van der Waals surface area contributed by atoms with Gasteiger partial charge in [-0.05, 0) is 18.4 Å². The van der Waals surface area contributed by atoms with E-state index in [9.17, 15) is 18.0 Å². The van der Waals surface area contributed by atoms with Gasteiger partial charge in [-0.2, -0.15) is 18.3 Å². The van der Waals surface area contributed by atoms with Crippen LogP contribution in [0.2, 0.25) is 0 Å². The SMILES string of the molecule is O=C(COC(c1ccccc1)C(F)(F)F)N1CCC(c2ncn[nH]2)CC1. The molecular weight excluding hydrogens is 349 g/mol. The molecule has 1 aliphatic rings. The number of aromatic amines is 1. The molecule has 0 radical (unpaired) electrons. The van der Waals surface area contributed by atoms with E-state index >= 15 is 0 Å². The summed E-state index contributed by atoms with van der Waals surface area (Å²) in [6.45, 7) is 0.303. The number of nitrogens with one attached hydrogen (secondary N) is 1. The number of hydrogen-bond donors (Lipinski definition) is 1. The van der Waals surface area contributed by atoms with E-state index in [-0.39, 0.29) is 11.5 Å². The summed E-state index contributed by atoms with van der Waals surface area (Å²) >= 11 is 0. The van der Waals surface area contributed by atoms with Crippen LogP contribution in [-0.2, 0) is 9.53 Å². The monoisotopic (exact) mass is 368 g/mol. The molecule has 1 atom stereocenters. The molecule has 1 saturated heterocycles. The lowest BCUT2D eigenvalue weighted by Crippen LogP contribution is -2.41. The highest BCUT2D eigenvalue weighted by molar-refractivity contribution is 5.77. The van der Waals surface area contributed by atoms with Crippen molar-refractivity contribution in [2.75, 3.05) is 19.7 Å². The Balaban J connectivity index is 1.54. The third-order valence-corrected chi connectivity index (χ3v) is 4.44. The Hall–Kier alpha value is -2.42. The van der Waals surface area contributed by atoms with Crippen LogP contribution < -0.4 is 0 Å². The van der Waals surface area contributed by atoms with Crippen LogP contribution in [0.1, 0.15) is 36.3 Å². The van der Waals surface area contributed by atoms with Gasteiger partial charge in [0.25, 0.3) is 0 Å². The summed E-state index contributed by atoms with van der Waals surface area (Å²) in [4.78, 5) is 17.9. The zero-order chi connectivity index (χ0) is 18.6. The number of benzene rings is 1. The molecule has 2 aromatic rings. The van der Waals surface area contributed by atoms with Crippen LogP contribution in [0.15, 0.2) is 36.7 Å². The number of halogens is 3. The van der Waals surface area contributed by atoms with Crippen LogP contribution in [0.5, 0.6) is 0 Å². The fourth-order valence-electron chi connectivity index (χ4n) is 3.07. The number of carbonyl (C=O) groups excluding carboxylic acids is 1. The number of carbonyl (C=O) groups is 1. The molecule has 1 N–H and O–H groups in total. The first kappa shape index (κ1) is 18.4. The van der Waals surface area contributed by atoms with Gasteiger partial charge in [-0.25, -0.2) is 4.98 Å². The number of likely N-dealkylation sites (tertiary alicyclic amines) is 1. The maximum Gasteiger partial charge on any atom is 0.418 e. The first-order chi connectivity index (χ1) is 12.4. The van der Waals surface area contributed by atoms with E-state index in [2.05, 4.69) is 15.2 Å². The van der Waals surface area contributed by atoms with Crippen molar-refractivity contribution in [2.24, 2.45) is 0 Å². The number of rotatable bonds is 5. The van der Waals surface area contributed by atoms with Gasteiger partial charge in [0.2, 0.25) is 5.91 Å². The number of hydrogen-bond acceptors (Lipinski definition) is 4. The molecule has 1 fully saturated rings. The Morgan fingerprint density at radius 1 is 1.27 bits per heavy atom. The van der Waals surface area contributed by atoms with Gasteiger partial charge in [0.1, 0.15) is 18.8 Å². The highest BCUT2D eigenvalue weighted by Gasteiger charge is 2.42. The number of piperidine rings is 1. The van der Waals surface area contributed by atoms with E-state index in [0.717, 1.165) is 5.82 Å². The van der Waals surface area contributed by atoms with Crippen molar-refractivity contribution in [2.45, 2.75) is 31.0 Å². The fraction of sp³-hybridized carbons (Fsp3) is 0.471. The van der Waals surface area contributed by atoms with Crippen molar-refractivity contribution in [3.8, 4) is 0 Å². The number of nitrogens with zero attached hydrogens (tertiary/aromatic N) is 3. The lowest BCUT2D eigenvalue weighted by molar-refractivity contribution is -0.224. The number of H-pyrrole nitrogens is 1. The van der Waals surface area contributed by atoms with Gasteiger partial charge in [-0.3, -0.25) is 9.89 Å².